The average Bonchev–Trinajstić information content (AvgIpc) is 2.79. The maximum absolute atomic E-state index is 13.0. The van der Waals surface area contributed by atoms with Gasteiger partial charge in [0.05, 0.1) is 19.3 Å². The zero-order valence-corrected chi connectivity index (χ0v) is 19.6. The number of carbonyl (C=O) groups excluding carboxylic acids is 2. The van der Waals surface area contributed by atoms with Crippen LogP contribution in [0.5, 0.6) is 0 Å². The molecule has 2 aromatic carbocycles. The molecule has 32 heavy (non-hydrogen) atoms. The molecule has 2 atom stereocenters. The maximum Gasteiger partial charge on any atom is 0.251 e. The number of benzene rings is 2. The minimum Gasteiger partial charge on any atom is -0.379 e. The van der Waals surface area contributed by atoms with Gasteiger partial charge in [0.1, 0.15) is 6.04 Å². The third-order valence-corrected chi connectivity index (χ3v) is 5.82. The average molecular weight is 438 g/mol. The fraction of sp³-hybridized carbons (Fsp3) is 0.462. The summed E-state index contributed by atoms with van der Waals surface area (Å²) >= 11 is 0. The van der Waals surface area contributed by atoms with E-state index in [4.69, 9.17) is 4.74 Å². The molecule has 1 saturated heterocycles. The van der Waals surface area contributed by atoms with Gasteiger partial charge in [-0.2, -0.15) is 0 Å². The Bertz CT molecular complexity index is 885. The van der Waals surface area contributed by atoms with Crippen molar-refractivity contribution in [1.29, 1.82) is 0 Å². The lowest BCUT2D eigenvalue weighted by atomic mass is 9.86. The van der Waals surface area contributed by atoms with E-state index in [1.165, 1.54) is 0 Å². The van der Waals surface area contributed by atoms with Gasteiger partial charge in [-0.1, -0.05) is 63.2 Å². The molecule has 0 radical (unpaired) electrons. The van der Waals surface area contributed by atoms with Gasteiger partial charge in [-0.15, -0.1) is 0 Å². The van der Waals surface area contributed by atoms with Crippen LogP contribution in [0.1, 0.15) is 55.2 Å². The first-order chi connectivity index (χ1) is 15.2. The minimum atomic E-state index is -0.652. The molecule has 0 saturated carbocycles. The van der Waals surface area contributed by atoms with Crippen molar-refractivity contribution >= 4 is 11.8 Å². The fourth-order valence-electron chi connectivity index (χ4n) is 3.73. The number of carbonyl (C=O) groups is 2. The number of hydrogen-bond donors (Lipinski definition) is 2. The smallest absolute Gasteiger partial charge is 0.251 e. The molecule has 1 fully saturated rings. The van der Waals surface area contributed by atoms with E-state index in [1.807, 2.05) is 54.6 Å². The van der Waals surface area contributed by atoms with Crippen LogP contribution in [0.4, 0.5) is 0 Å². The Morgan fingerprint density at radius 1 is 0.969 bits per heavy atom. The van der Waals surface area contributed by atoms with Crippen LogP contribution in [0.15, 0.2) is 54.6 Å². The van der Waals surface area contributed by atoms with E-state index in [0.29, 0.717) is 25.3 Å². The molecule has 6 heteroatoms. The van der Waals surface area contributed by atoms with Gasteiger partial charge in [0.15, 0.2) is 0 Å². The third-order valence-electron chi connectivity index (χ3n) is 5.82. The molecule has 2 aromatic rings. The normalized spacial score (nSPS) is 16.8. The van der Waals surface area contributed by atoms with E-state index < -0.39 is 6.04 Å². The summed E-state index contributed by atoms with van der Waals surface area (Å²) in [6.45, 7) is 11.9. The largest absolute Gasteiger partial charge is 0.379 e. The van der Waals surface area contributed by atoms with Crippen molar-refractivity contribution in [3.8, 4) is 0 Å². The number of ether oxygens (including phenoxy) is 1. The van der Waals surface area contributed by atoms with Crippen LogP contribution in [0, 0.1) is 0 Å². The van der Waals surface area contributed by atoms with Crippen LogP contribution < -0.4 is 10.6 Å². The fourth-order valence-corrected chi connectivity index (χ4v) is 3.73. The van der Waals surface area contributed by atoms with Gasteiger partial charge >= 0.3 is 0 Å². The summed E-state index contributed by atoms with van der Waals surface area (Å²) in [4.78, 5) is 27.9. The molecule has 3 rings (SSSR count). The molecule has 2 unspecified atom stereocenters. The maximum atomic E-state index is 13.0. The van der Waals surface area contributed by atoms with Crippen molar-refractivity contribution < 1.29 is 14.3 Å². The molecule has 1 heterocycles. The summed E-state index contributed by atoms with van der Waals surface area (Å²) in [7, 11) is 0. The van der Waals surface area contributed by atoms with Gasteiger partial charge in [-0.3, -0.25) is 14.5 Å². The Morgan fingerprint density at radius 2 is 1.59 bits per heavy atom. The highest BCUT2D eigenvalue weighted by atomic mass is 16.5. The Morgan fingerprint density at radius 3 is 2.19 bits per heavy atom. The van der Waals surface area contributed by atoms with Gasteiger partial charge in [0.25, 0.3) is 5.91 Å². The van der Waals surface area contributed by atoms with Crippen molar-refractivity contribution in [3.05, 3.63) is 71.3 Å². The number of amides is 2. The van der Waals surface area contributed by atoms with Crippen LogP contribution in [0.25, 0.3) is 0 Å². The Labute approximate surface area is 191 Å². The SMILES string of the molecule is CC(NC(=O)c1ccc(C(C)(C)C)cc1)C(=O)NC(CN1CCOCC1)c1ccccc1. The van der Waals surface area contributed by atoms with E-state index >= 15 is 0 Å². The number of rotatable bonds is 7. The van der Waals surface area contributed by atoms with Crippen molar-refractivity contribution in [2.24, 2.45) is 0 Å². The van der Waals surface area contributed by atoms with E-state index in [0.717, 1.165) is 24.2 Å². The van der Waals surface area contributed by atoms with Crippen molar-refractivity contribution in [1.82, 2.24) is 15.5 Å². The van der Waals surface area contributed by atoms with Gasteiger partial charge in [0.2, 0.25) is 5.91 Å². The van der Waals surface area contributed by atoms with Gasteiger partial charge in [-0.25, -0.2) is 0 Å². The first-order valence-electron chi connectivity index (χ1n) is 11.3. The molecule has 6 nitrogen and oxygen atoms in total. The number of morpholine rings is 1. The Balaban J connectivity index is 1.62. The summed E-state index contributed by atoms with van der Waals surface area (Å²) in [5, 5.41) is 5.96. The lowest BCUT2D eigenvalue weighted by Crippen LogP contribution is -2.49. The molecule has 2 amide bonds. The van der Waals surface area contributed by atoms with Gasteiger partial charge in [-0.05, 0) is 35.6 Å². The molecular formula is C26H35N3O3. The molecule has 0 spiro atoms. The highest BCUT2D eigenvalue weighted by molar-refractivity contribution is 5.97. The van der Waals surface area contributed by atoms with Crippen molar-refractivity contribution in [2.45, 2.75) is 45.2 Å². The van der Waals surface area contributed by atoms with Crippen LogP contribution in [-0.4, -0.2) is 55.6 Å². The molecule has 1 aliphatic heterocycles. The van der Waals surface area contributed by atoms with Gasteiger partial charge in [0, 0.05) is 25.2 Å². The number of nitrogens with one attached hydrogen (secondary N) is 2. The molecule has 1 aliphatic rings. The highest BCUT2D eigenvalue weighted by Gasteiger charge is 2.24. The zero-order chi connectivity index (χ0) is 23.1. The Hall–Kier alpha value is -2.70. The summed E-state index contributed by atoms with van der Waals surface area (Å²) in [5.74, 6) is -0.454. The van der Waals surface area contributed by atoms with Crippen molar-refractivity contribution in [3.63, 3.8) is 0 Å². The highest BCUT2D eigenvalue weighted by Crippen LogP contribution is 2.22. The Kier molecular flexibility index (Phi) is 8.04. The predicted octanol–water partition coefficient (Wildman–Crippen LogP) is 3.29. The molecular weight excluding hydrogens is 402 g/mol. The van der Waals surface area contributed by atoms with Crippen LogP contribution in [-0.2, 0) is 14.9 Å². The topological polar surface area (TPSA) is 70.7 Å². The standard InChI is InChI=1S/C26H35N3O3/c1-19(27-25(31)21-10-12-22(13-11-21)26(2,3)4)24(30)28-23(20-8-6-5-7-9-20)18-29-14-16-32-17-15-29/h5-13,19,23H,14-18H2,1-4H3,(H,27,31)(H,28,30). The summed E-state index contributed by atoms with van der Waals surface area (Å²) < 4.78 is 5.44. The van der Waals surface area contributed by atoms with Gasteiger partial charge < -0.3 is 15.4 Å². The monoisotopic (exact) mass is 437 g/mol. The molecule has 0 bridgehead atoms. The molecule has 0 aromatic heterocycles. The minimum absolute atomic E-state index is 0.0229. The second-order valence-corrected chi connectivity index (χ2v) is 9.41. The van der Waals surface area contributed by atoms with E-state index in [2.05, 4.69) is 36.3 Å². The van der Waals surface area contributed by atoms with Crippen LogP contribution in [0.2, 0.25) is 0 Å². The molecule has 2 N–H and O–H groups in total. The zero-order valence-electron chi connectivity index (χ0n) is 19.6. The quantitative estimate of drug-likeness (QED) is 0.697. The van der Waals surface area contributed by atoms with Crippen molar-refractivity contribution in [2.75, 3.05) is 32.8 Å². The van der Waals surface area contributed by atoms with E-state index in [9.17, 15) is 9.59 Å². The second-order valence-electron chi connectivity index (χ2n) is 9.41. The van der Waals surface area contributed by atoms with E-state index in [-0.39, 0.29) is 23.3 Å². The number of nitrogens with zero attached hydrogens (tertiary/aromatic N) is 1. The summed E-state index contributed by atoms with van der Waals surface area (Å²) in [5.41, 5.74) is 2.78. The summed E-state index contributed by atoms with van der Waals surface area (Å²) in [6.07, 6.45) is 0. The molecule has 0 aliphatic carbocycles. The third kappa shape index (κ3) is 6.65. The molecule has 172 valence electrons. The number of hydrogen-bond acceptors (Lipinski definition) is 4. The lowest BCUT2D eigenvalue weighted by molar-refractivity contribution is -0.123. The van der Waals surface area contributed by atoms with Crippen LogP contribution >= 0.6 is 0 Å². The predicted molar refractivity (Wildman–Crippen MR) is 127 cm³/mol. The summed E-state index contributed by atoms with van der Waals surface area (Å²) in [6, 6.07) is 16.7. The second kappa shape index (κ2) is 10.7. The lowest BCUT2D eigenvalue weighted by Gasteiger charge is -2.31. The first-order valence-corrected chi connectivity index (χ1v) is 11.3. The van der Waals surface area contributed by atoms with E-state index in [1.54, 1.807) is 6.92 Å². The first kappa shape index (κ1) is 24.0. The van der Waals surface area contributed by atoms with Crippen LogP contribution in [0.3, 0.4) is 0 Å².